The van der Waals surface area contributed by atoms with Gasteiger partial charge in [-0.1, -0.05) is 50.0 Å². The molecule has 0 saturated heterocycles. The minimum atomic E-state index is -0.340. The molecule has 0 atom stereocenters. The number of nitrogens with two attached hydrogens (primary N) is 1. The van der Waals surface area contributed by atoms with Gasteiger partial charge in [-0.15, -0.1) is 0 Å². The van der Waals surface area contributed by atoms with Crippen LogP contribution in [0.4, 0.5) is 0 Å². The molecule has 1 fully saturated rings. The molecule has 0 spiro atoms. The monoisotopic (exact) mass is 271 g/mol. The lowest BCUT2D eigenvalue weighted by molar-refractivity contribution is 0.0491. The summed E-state index contributed by atoms with van der Waals surface area (Å²) in [7, 11) is 0. The van der Waals surface area contributed by atoms with Crippen LogP contribution in [-0.4, -0.2) is 0 Å². The number of rotatable bonds is 1. The summed E-state index contributed by atoms with van der Waals surface area (Å²) in [4.78, 5) is 0. The van der Waals surface area contributed by atoms with Crippen molar-refractivity contribution in [1.82, 2.24) is 0 Å². The van der Waals surface area contributed by atoms with E-state index in [2.05, 4.69) is 20.8 Å². The highest BCUT2D eigenvalue weighted by molar-refractivity contribution is 6.36. The molecule has 1 aromatic carbocycles. The second kappa shape index (κ2) is 4.15. The van der Waals surface area contributed by atoms with E-state index in [9.17, 15) is 0 Å². The molecule has 1 aliphatic rings. The predicted molar refractivity (Wildman–Crippen MR) is 74.5 cm³/mol. The number of hydrogen-bond donors (Lipinski definition) is 1. The summed E-state index contributed by atoms with van der Waals surface area (Å²) in [6.45, 7) is 6.77. The van der Waals surface area contributed by atoms with E-state index in [0.29, 0.717) is 21.4 Å². The zero-order valence-electron chi connectivity index (χ0n) is 10.6. The van der Waals surface area contributed by atoms with Crippen LogP contribution in [0.5, 0.6) is 0 Å². The third-order valence-corrected chi connectivity index (χ3v) is 4.54. The van der Waals surface area contributed by atoms with Gasteiger partial charge in [0.25, 0.3) is 0 Å². The van der Waals surface area contributed by atoms with Gasteiger partial charge in [0.2, 0.25) is 0 Å². The average Bonchev–Trinajstić information content (AvgIpc) is 2.11. The fourth-order valence-electron chi connectivity index (χ4n) is 2.61. The Hall–Kier alpha value is -0.240. The van der Waals surface area contributed by atoms with Crippen LogP contribution in [0.1, 0.15) is 39.2 Å². The van der Waals surface area contributed by atoms with Gasteiger partial charge in [0.05, 0.1) is 0 Å². The molecule has 0 radical (unpaired) electrons. The molecular formula is C14H19Cl2N. The van der Waals surface area contributed by atoms with Crippen LogP contribution >= 0.6 is 23.2 Å². The number of halogens is 2. The molecule has 17 heavy (non-hydrogen) atoms. The van der Waals surface area contributed by atoms with Crippen molar-refractivity contribution < 1.29 is 0 Å². The van der Waals surface area contributed by atoms with Gasteiger partial charge in [-0.25, -0.2) is 0 Å². The van der Waals surface area contributed by atoms with E-state index < -0.39 is 0 Å². The molecule has 1 nitrogen and oxygen atoms in total. The summed E-state index contributed by atoms with van der Waals surface area (Å²) in [5, 5.41) is 1.37. The average molecular weight is 272 g/mol. The molecule has 0 amide bonds. The molecule has 0 aromatic heterocycles. The molecule has 1 saturated carbocycles. The zero-order chi connectivity index (χ0) is 12.8. The van der Waals surface area contributed by atoms with Crippen molar-refractivity contribution in [3.8, 4) is 0 Å². The first-order valence-electron chi connectivity index (χ1n) is 5.97. The third kappa shape index (κ3) is 2.33. The van der Waals surface area contributed by atoms with Gasteiger partial charge < -0.3 is 5.73 Å². The van der Waals surface area contributed by atoms with Crippen molar-refractivity contribution in [2.45, 2.75) is 39.2 Å². The Morgan fingerprint density at radius 2 is 1.65 bits per heavy atom. The Balaban J connectivity index is 2.26. The maximum absolute atomic E-state index is 6.44. The van der Waals surface area contributed by atoms with Crippen molar-refractivity contribution in [3.63, 3.8) is 0 Å². The van der Waals surface area contributed by atoms with Gasteiger partial charge in [-0.05, 0) is 36.3 Å². The van der Waals surface area contributed by atoms with E-state index in [4.69, 9.17) is 28.9 Å². The molecule has 0 bridgehead atoms. The lowest BCUT2D eigenvalue weighted by atomic mass is 9.57. The molecular weight excluding hydrogens is 253 g/mol. The van der Waals surface area contributed by atoms with Crippen LogP contribution in [0.3, 0.4) is 0 Å². The van der Waals surface area contributed by atoms with Crippen molar-refractivity contribution in [2.24, 2.45) is 17.1 Å². The number of benzene rings is 1. The van der Waals surface area contributed by atoms with Crippen LogP contribution in [-0.2, 0) is 5.54 Å². The fourth-order valence-corrected chi connectivity index (χ4v) is 3.38. The maximum Gasteiger partial charge on any atom is 0.0471 e. The van der Waals surface area contributed by atoms with Gasteiger partial charge >= 0.3 is 0 Å². The summed E-state index contributed by atoms with van der Waals surface area (Å²) in [6, 6.07) is 5.58. The minimum absolute atomic E-state index is 0.302. The minimum Gasteiger partial charge on any atom is -0.321 e. The van der Waals surface area contributed by atoms with E-state index >= 15 is 0 Å². The normalized spacial score (nSPS) is 28.9. The van der Waals surface area contributed by atoms with Crippen molar-refractivity contribution >= 4 is 23.2 Å². The second-order valence-electron chi connectivity index (χ2n) is 6.22. The topological polar surface area (TPSA) is 26.0 Å². The highest BCUT2D eigenvalue weighted by Crippen LogP contribution is 2.53. The van der Waals surface area contributed by atoms with Crippen LogP contribution in [0, 0.1) is 11.3 Å². The first-order chi connectivity index (χ1) is 7.74. The molecule has 1 aliphatic carbocycles. The molecule has 0 unspecified atom stereocenters. The molecule has 0 aliphatic heterocycles. The van der Waals surface area contributed by atoms with E-state index in [1.807, 2.05) is 18.2 Å². The van der Waals surface area contributed by atoms with Gasteiger partial charge in [0.15, 0.2) is 0 Å². The Kier molecular flexibility index (Phi) is 3.22. The lowest BCUT2D eigenvalue weighted by Gasteiger charge is -2.51. The Labute approximate surface area is 113 Å². The summed E-state index contributed by atoms with van der Waals surface area (Å²) >= 11 is 12.4. The van der Waals surface area contributed by atoms with E-state index in [1.165, 1.54) is 0 Å². The van der Waals surface area contributed by atoms with E-state index in [0.717, 1.165) is 18.4 Å². The first kappa shape index (κ1) is 13.2. The summed E-state index contributed by atoms with van der Waals surface area (Å²) in [5.41, 5.74) is 7.33. The summed E-state index contributed by atoms with van der Waals surface area (Å²) < 4.78 is 0. The van der Waals surface area contributed by atoms with Crippen molar-refractivity contribution in [3.05, 3.63) is 33.8 Å². The number of hydrogen-bond acceptors (Lipinski definition) is 1. The van der Waals surface area contributed by atoms with Gasteiger partial charge in [-0.3, -0.25) is 0 Å². The Bertz CT molecular complexity index is 408. The summed E-state index contributed by atoms with van der Waals surface area (Å²) in [5.74, 6) is 0.639. The largest absolute Gasteiger partial charge is 0.321 e. The van der Waals surface area contributed by atoms with Gasteiger partial charge in [-0.2, -0.15) is 0 Å². The summed E-state index contributed by atoms with van der Waals surface area (Å²) in [6.07, 6.45) is 1.92. The van der Waals surface area contributed by atoms with E-state index in [-0.39, 0.29) is 5.54 Å². The van der Waals surface area contributed by atoms with Gasteiger partial charge in [0, 0.05) is 21.1 Å². The van der Waals surface area contributed by atoms with E-state index in [1.54, 1.807) is 0 Å². The molecule has 0 heterocycles. The van der Waals surface area contributed by atoms with Crippen molar-refractivity contribution in [2.75, 3.05) is 0 Å². The SMILES string of the molecule is CC(C)(C)C1CC(N)(c2c(Cl)cccc2Cl)C1. The Morgan fingerprint density at radius 3 is 2.06 bits per heavy atom. The molecule has 2 rings (SSSR count). The predicted octanol–water partition coefficient (Wildman–Crippen LogP) is 4.60. The van der Waals surface area contributed by atoms with Crippen LogP contribution in [0.15, 0.2) is 18.2 Å². The third-order valence-electron chi connectivity index (χ3n) is 3.91. The fraction of sp³-hybridized carbons (Fsp3) is 0.571. The molecule has 3 heteroatoms. The molecule has 1 aromatic rings. The zero-order valence-corrected chi connectivity index (χ0v) is 12.1. The molecule has 2 N–H and O–H groups in total. The first-order valence-corrected chi connectivity index (χ1v) is 6.73. The van der Waals surface area contributed by atoms with Crippen LogP contribution < -0.4 is 5.73 Å². The second-order valence-corrected chi connectivity index (χ2v) is 7.04. The Morgan fingerprint density at radius 1 is 1.18 bits per heavy atom. The van der Waals surface area contributed by atoms with Crippen molar-refractivity contribution in [1.29, 1.82) is 0 Å². The van der Waals surface area contributed by atoms with Crippen LogP contribution in [0.25, 0.3) is 0 Å². The standard InChI is InChI=1S/C14H19Cl2N/c1-13(2,3)9-7-14(17,8-9)12-10(15)5-4-6-11(12)16/h4-6,9H,7-8,17H2,1-3H3. The smallest absolute Gasteiger partial charge is 0.0471 e. The van der Waals surface area contributed by atoms with Gasteiger partial charge in [0.1, 0.15) is 0 Å². The van der Waals surface area contributed by atoms with Crippen LogP contribution in [0.2, 0.25) is 10.0 Å². The highest BCUT2D eigenvalue weighted by Gasteiger charge is 2.48. The maximum atomic E-state index is 6.44. The molecule has 94 valence electrons. The quantitative estimate of drug-likeness (QED) is 0.794. The lowest BCUT2D eigenvalue weighted by Crippen LogP contribution is -2.52. The highest BCUT2D eigenvalue weighted by atomic mass is 35.5.